The number of rotatable bonds is 5. The number of hydrogen-bond acceptors (Lipinski definition) is 5. The van der Waals surface area contributed by atoms with Crippen LogP contribution >= 0.6 is 0 Å². The third-order valence-corrected chi connectivity index (χ3v) is 2.72. The van der Waals surface area contributed by atoms with Crippen LogP contribution in [0.1, 0.15) is 5.69 Å². The average molecular weight is 276 g/mol. The lowest BCUT2D eigenvalue weighted by Gasteiger charge is -2.03. The third kappa shape index (κ3) is 2.81. The molecule has 20 heavy (non-hydrogen) atoms. The lowest BCUT2D eigenvalue weighted by Crippen LogP contribution is -2.32. The first-order chi connectivity index (χ1) is 9.49. The number of aromatic nitrogens is 2. The number of carboxylic acid groups (broad SMARTS) is 1. The van der Waals surface area contributed by atoms with Crippen molar-refractivity contribution in [2.75, 3.05) is 0 Å². The van der Waals surface area contributed by atoms with Gasteiger partial charge in [-0.1, -0.05) is 18.2 Å². The molecule has 0 aliphatic rings. The number of nitro groups is 1. The van der Waals surface area contributed by atoms with Crippen LogP contribution in [-0.2, 0) is 11.2 Å². The molecule has 8 nitrogen and oxygen atoms in total. The fraction of sp³-hybridized carbons (Fsp3) is 0.167. The molecular formula is C12H12N4O4. The van der Waals surface area contributed by atoms with E-state index < -0.39 is 16.9 Å². The van der Waals surface area contributed by atoms with E-state index in [1.165, 1.54) is 10.9 Å². The van der Waals surface area contributed by atoms with E-state index in [9.17, 15) is 14.9 Å². The zero-order chi connectivity index (χ0) is 14.7. The third-order valence-electron chi connectivity index (χ3n) is 2.72. The van der Waals surface area contributed by atoms with Crippen LogP contribution in [0.15, 0.2) is 36.5 Å². The Labute approximate surface area is 113 Å². The molecule has 104 valence electrons. The van der Waals surface area contributed by atoms with E-state index in [0.29, 0.717) is 5.69 Å². The maximum atomic E-state index is 11.0. The average Bonchev–Trinajstić information content (AvgIpc) is 2.83. The summed E-state index contributed by atoms with van der Waals surface area (Å²) < 4.78 is 1.34. The maximum absolute atomic E-state index is 11.0. The molecule has 0 spiro atoms. The number of carbonyl (C=O) groups is 1. The lowest BCUT2D eigenvalue weighted by atomic mass is 10.1. The number of para-hydroxylation sites is 1. The Morgan fingerprint density at radius 1 is 1.45 bits per heavy atom. The summed E-state index contributed by atoms with van der Waals surface area (Å²) in [7, 11) is 0. The van der Waals surface area contributed by atoms with Crippen molar-refractivity contribution in [3.05, 3.63) is 52.3 Å². The van der Waals surface area contributed by atoms with Gasteiger partial charge >= 0.3 is 11.7 Å². The molecule has 0 aliphatic carbocycles. The summed E-state index contributed by atoms with van der Waals surface area (Å²) in [6, 6.07) is 7.59. The van der Waals surface area contributed by atoms with E-state index in [-0.39, 0.29) is 17.8 Å². The summed E-state index contributed by atoms with van der Waals surface area (Å²) in [6.45, 7) is 0. The highest BCUT2D eigenvalue weighted by Crippen LogP contribution is 2.20. The van der Waals surface area contributed by atoms with Gasteiger partial charge in [-0.3, -0.25) is 14.9 Å². The largest absolute Gasteiger partial charge is 0.480 e. The zero-order valence-electron chi connectivity index (χ0n) is 10.3. The summed E-state index contributed by atoms with van der Waals surface area (Å²) in [5, 5.41) is 23.8. The highest BCUT2D eigenvalue weighted by molar-refractivity contribution is 5.73. The van der Waals surface area contributed by atoms with Crippen LogP contribution in [0.2, 0.25) is 0 Å². The molecule has 1 aromatic heterocycles. The Morgan fingerprint density at radius 2 is 2.10 bits per heavy atom. The summed E-state index contributed by atoms with van der Waals surface area (Å²) in [6.07, 6.45) is 1.05. The van der Waals surface area contributed by atoms with Crippen LogP contribution < -0.4 is 5.73 Å². The van der Waals surface area contributed by atoms with Crippen LogP contribution in [0.5, 0.6) is 0 Å². The number of hydrogen-bond donors (Lipinski definition) is 2. The summed E-state index contributed by atoms with van der Waals surface area (Å²) >= 11 is 0. The summed E-state index contributed by atoms with van der Waals surface area (Å²) in [4.78, 5) is 21.1. The first-order valence-corrected chi connectivity index (χ1v) is 5.76. The van der Waals surface area contributed by atoms with E-state index in [4.69, 9.17) is 10.8 Å². The SMILES string of the molecule is NC(Cc1nn(-c2ccccc2)cc1[N+](=O)[O-])C(=O)O. The number of nitrogens with zero attached hydrogens (tertiary/aromatic N) is 3. The van der Waals surface area contributed by atoms with Gasteiger partial charge in [-0.15, -0.1) is 0 Å². The van der Waals surface area contributed by atoms with E-state index in [0.717, 1.165) is 0 Å². The molecule has 1 heterocycles. The zero-order valence-corrected chi connectivity index (χ0v) is 10.3. The molecule has 0 aliphatic heterocycles. The Morgan fingerprint density at radius 3 is 2.65 bits per heavy atom. The van der Waals surface area contributed by atoms with Gasteiger partial charge in [-0.25, -0.2) is 4.68 Å². The van der Waals surface area contributed by atoms with Crippen molar-refractivity contribution in [3.63, 3.8) is 0 Å². The van der Waals surface area contributed by atoms with Crippen molar-refractivity contribution in [2.24, 2.45) is 5.73 Å². The number of benzene rings is 1. The number of aliphatic carboxylic acids is 1. The second-order valence-electron chi connectivity index (χ2n) is 4.15. The van der Waals surface area contributed by atoms with E-state index >= 15 is 0 Å². The molecule has 0 saturated heterocycles. The van der Waals surface area contributed by atoms with Gasteiger partial charge in [0, 0.05) is 6.42 Å². The molecule has 2 rings (SSSR count). The fourth-order valence-electron chi connectivity index (χ4n) is 1.71. The normalized spacial score (nSPS) is 12.1. The van der Waals surface area contributed by atoms with Crippen molar-refractivity contribution in [1.82, 2.24) is 9.78 Å². The minimum atomic E-state index is -1.23. The minimum Gasteiger partial charge on any atom is -0.480 e. The molecule has 2 aromatic rings. The Balaban J connectivity index is 2.39. The fourth-order valence-corrected chi connectivity index (χ4v) is 1.71. The molecule has 3 N–H and O–H groups in total. The highest BCUT2D eigenvalue weighted by atomic mass is 16.6. The lowest BCUT2D eigenvalue weighted by molar-refractivity contribution is -0.385. The summed E-state index contributed by atoms with van der Waals surface area (Å²) in [5.41, 5.74) is 5.84. The topological polar surface area (TPSA) is 124 Å². The first-order valence-electron chi connectivity index (χ1n) is 5.76. The Hall–Kier alpha value is -2.74. The van der Waals surface area contributed by atoms with E-state index in [1.807, 2.05) is 6.07 Å². The predicted octanol–water partition coefficient (Wildman–Crippen LogP) is 0.735. The van der Waals surface area contributed by atoms with Gasteiger partial charge in [0.05, 0.1) is 10.6 Å². The molecule has 1 aromatic carbocycles. The van der Waals surface area contributed by atoms with Crippen LogP contribution in [-0.4, -0.2) is 31.8 Å². The molecule has 1 atom stereocenters. The highest BCUT2D eigenvalue weighted by Gasteiger charge is 2.24. The quantitative estimate of drug-likeness (QED) is 0.612. The predicted molar refractivity (Wildman–Crippen MR) is 69.5 cm³/mol. The van der Waals surface area contributed by atoms with Crippen molar-refractivity contribution in [2.45, 2.75) is 12.5 Å². The van der Waals surface area contributed by atoms with Crippen molar-refractivity contribution in [3.8, 4) is 5.69 Å². The van der Waals surface area contributed by atoms with Gasteiger partial charge in [0.25, 0.3) is 0 Å². The first kappa shape index (κ1) is 13.7. The van der Waals surface area contributed by atoms with Gasteiger partial charge in [-0.05, 0) is 12.1 Å². The number of carboxylic acids is 1. The van der Waals surface area contributed by atoms with Crippen LogP contribution in [0.4, 0.5) is 5.69 Å². The summed E-state index contributed by atoms with van der Waals surface area (Å²) in [5.74, 6) is -1.23. The molecule has 1 unspecified atom stereocenters. The second-order valence-corrected chi connectivity index (χ2v) is 4.15. The number of nitrogens with two attached hydrogens (primary N) is 1. The van der Waals surface area contributed by atoms with E-state index in [2.05, 4.69) is 5.10 Å². The van der Waals surface area contributed by atoms with Crippen LogP contribution in [0.25, 0.3) is 5.69 Å². The molecule has 0 bridgehead atoms. The monoisotopic (exact) mass is 276 g/mol. The molecular weight excluding hydrogens is 264 g/mol. The smallest absolute Gasteiger partial charge is 0.320 e. The van der Waals surface area contributed by atoms with Gasteiger partial charge in [-0.2, -0.15) is 5.10 Å². The molecule has 8 heteroatoms. The Bertz CT molecular complexity index is 638. The van der Waals surface area contributed by atoms with Crippen LogP contribution in [0.3, 0.4) is 0 Å². The van der Waals surface area contributed by atoms with E-state index in [1.54, 1.807) is 24.3 Å². The van der Waals surface area contributed by atoms with Gasteiger partial charge in [0.1, 0.15) is 17.9 Å². The van der Waals surface area contributed by atoms with Gasteiger partial charge in [0.2, 0.25) is 0 Å². The van der Waals surface area contributed by atoms with Crippen molar-refractivity contribution >= 4 is 11.7 Å². The molecule has 0 fully saturated rings. The minimum absolute atomic E-state index is 0.0498. The van der Waals surface area contributed by atoms with Crippen LogP contribution in [0, 0.1) is 10.1 Å². The molecule has 0 amide bonds. The maximum Gasteiger partial charge on any atom is 0.320 e. The van der Waals surface area contributed by atoms with Crippen molar-refractivity contribution < 1.29 is 14.8 Å². The molecule has 0 saturated carbocycles. The van der Waals surface area contributed by atoms with Gasteiger partial charge in [0.15, 0.2) is 0 Å². The molecule has 0 radical (unpaired) electrons. The van der Waals surface area contributed by atoms with Crippen molar-refractivity contribution in [1.29, 1.82) is 0 Å². The standard InChI is InChI=1S/C12H12N4O4/c13-9(12(17)18)6-10-11(16(19)20)7-15(14-10)8-4-2-1-3-5-8/h1-5,7,9H,6,13H2,(H,17,18). The second kappa shape index (κ2) is 5.49. The Kier molecular flexibility index (Phi) is 3.76. The van der Waals surface area contributed by atoms with Gasteiger partial charge < -0.3 is 10.8 Å².